The largest absolute Gasteiger partial charge is 0.496 e. The van der Waals surface area contributed by atoms with Crippen LogP contribution in [0.15, 0.2) is 53.8 Å². The SMILES string of the molecule is COc1cccc2[nH]c(C(=O)N[C@@H](CC3CC3)C(=O)N[C@H](CN=O)Cc3ccccn3)cc12. The summed E-state index contributed by atoms with van der Waals surface area (Å²) >= 11 is 0. The predicted octanol–water partition coefficient (Wildman–Crippen LogP) is 2.96. The zero-order valence-corrected chi connectivity index (χ0v) is 18.4. The number of carbonyl (C=O) groups is 2. The molecule has 0 aliphatic heterocycles. The molecule has 9 nitrogen and oxygen atoms in total. The maximum absolute atomic E-state index is 13.1. The molecule has 2 amide bonds. The number of nitrogens with one attached hydrogen (secondary N) is 3. The van der Waals surface area contributed by atoms with Crippen LogP contribution in [-0.2, 0) is 11.2 Å². The number of ether oxygens (including phenoxy) is 1. The van der Waals surface area contributed by atoms with Crippen LogP contribution in [0.25, 0.3) is 10.9 Å². The van der Waals surface area contributed by atoms with Crippen molar-refractivity contribution in [3.8, 4) is 5.75 Å². The number of benzene rings is 1. The van der Waals surface area contributed by atoms with Crippen molar-refractivity contribution in [3.63, 3.8) is 0 Å². The van der Waals surface area contributed by atoms with Gasteiger partial charge in [0.05, 0.1) is 13.2 Å². The second-order valence-electron chi connectivity index (χ2n) is 8.35. The van der Waals surface area contributed by atoms with Crippen LogP contribution in [0.1, 0.15) is 35.4 Å². The lowest BCUT2D eigenvalue weighted by atomic mass is 10.1. The Morgan fingerprint density at radius 1 is 1.21 bits per heavy atom. The summed E-state index contributed by atoms with van der Waals surface area (Å²) in [5.41, 5.74) is 1.87. The number of carbonyl (C=O) groups excluding carboxylic acids is 2. The molecule has 33 heavy (non-hydrogen) atoms. The second-order valence-corrected chi connectivity index (χ2v) is 8.35. The van der Waals surface area contributed by atoms with Gasteiger partial charge in [-0.1, -0.05) is 30.2 Å². The number of fused-ring (bicyclic) bond motifs is 1. The smallest absolute Gasteiger partial charge is 0.268 e. The predicted molar refractivity (Wildman–Crippen MR) is 124 cm³/mol. The first kappa shape index (κ1) is 22.4. The molecule has 3 aromatic rings. The Morgan fingerprint density at radius 2 is 2.06 bits per heavy atom. The molecule has 0 saturated heterocycles. The molecule has 172 valence electrons. The number of nitroso groups, excluding NO2 is 1. The van der Waals surface area contributed by atoms with Crippen LogP contribution in [0.4, 0.5) is 0 Å². The van der Waals surface area contributed by atoms with Crippen LogP contribution in [0.2, 0.25) is 0 Å². The quantitative estimate of drug-likeness (QED) is 0.388. The van der Waals surface area contributed by atoms with E-state index in [2.05, 4.69) is 25.8 Å². The molecule has 1 saturated carbocycles. The molecule has 2 atom stereocenters. The molecule has 2 heterocycles. The standard InChI is InChI=1S/C24H27N5O4/c1-33-22-7-4-6-19-18(22)13-21(28-19)24(31)29-20(11-15-8-9-15)23(30)27-17(14-26-32)12-16-5-2-3-10-25-16/h2-7,10,13,15,17,20,28H,8-9,11-12,14H2,1H3,(H,27,30)(H,29,31)/t17-,20-/m0/s1. The van der Waals surface area contributed by atoms with Crippen molar-refractivity contribution >= 4 is 22.7 Å². The Morgan fingerprint density at radius 3 is 2.76 bits per heavy atom. The Balaban J connectivity index is 1.47. The Labute approximate surface area is 191 Å². The number of pyridine rings is 1. The highest BCUT2D eigenvalue weighted by Crippen LogP contribution is 2.33. The van der Waals surface area contributed by atoms with Crippen LogP contribution in [-0.4, -0.2) is 47.5 Å². The first-order valence-electron chi connectivity index (χ1n) is 11.0. The van der Waals surface area contributed by atoms with E-state index in [1.807, 2.05) is 30.3 Å². The number of rotatable bonds is 11. The second kappa shape index (κ2) is 10.2. The van der Waals surface area contributed by atoms with Gasteiger partial charge in [0, 0.05) is 29.2 Å². The fraction of sp³-hybridized carbons (Fsp3) is 0.375. The number of hydrogen-bond acceptors (Lipinski definition) is 6. The monoisotopic (exact) mass is 449 g/mol. The minimum Gasteiger partial charge on any atom is -0.496 e. The van der Waals surface area contributed by atoms with Gasteiger partial charge in [0.2, 0.25) is 5.91 Å². The first-order chi connectivity index (χ1) is 16.1. The summed E-state index contributed by atoms with van der Waals surface area (Å²) in [6.07, 6.45) is 4.66. The number of hydrogen-bond donors (Lipinski definition) is 3. The van der Waals surface area contributed by atoms with Crippen LogP contribution in [0.5, 0.6) is 5.75 Å². The average molecular weight is 450 g/mol. The van der Waals surface area contributed by atoms with Crippen LogP contribution >= 0.6 is 0 Å². The van der Waals surface area contributed by atoms with Gasteiger partial charge in [0.1, 0.15) is 24.0 Å². The molecule has 4 rings (SSSR count). The van der Waals surface area contributed by atoms with Crippen LogP contribution in [0, 0.1) is 10.8 Å². The van der Waals surface area contributed by atoms with Gasteiger partial charge in [-0.2, -0.15) is 4.91 Å². The lowest BCUT2D eigenvalue weighted by molar-refractivity contribution is -0.123. The highest BCUT2D eigenvalue weighted by Gasteiger charge is 2.32. The number of methoxy groups -OCH3 is 1. The molecule has 2 aromatic heterocycles. The Bertz CT molecular complexity index is 1130. The van der Waals surface area contributed by atoms with E-state index < -0.39 is 12.1 Å². The van der Waals surface area contributed by atoms with Crippen molar-refractivity contribution in [3.05, 3.63) is 65.0 Å². The summed E-state index contributed by atoms with van der Waals surface area (Å²) in [5.74, 6) is 0.369. The van der Waals surface area contributed by atoms with Gasteiger partial charge in [-0.3, -0.25) is 14.6 Å². The summed E-state index contributed by atoms with van der Waals surface area (Å²) in [4.78, 5) is 44.4. The molecular weight excluding hydrogens is 422 g/mol. The van der Waals surface area contributed by atoms with E-state index in [1.54, 1.807) is 25.4 Å². The summed E-state index contributed by atoms with van der Waals surface area (Å²) in [5, 5.41) is 9.51. The number of H-pyrrole nitrogens is 1. The van der Waals surface area contributed by atoms with E-state index in [4.69, 9.17) is 4.74 Å². The van der Waals surface area contributed by atoms with E-state index in [0.717, 1.165) is 29.4 Å². The van der Waals surface area contributed by atoms with Gasteiger partial charge in [-0.25, -0.2) is 0 Å². The zero-order chi connectivity index (χ0) is 23.2. The van der Waals surface area contributed by atoms with Crippen LogP contribution < -0.4 is 15.4 Å². The molecule has 1 aliphatic carbocycles. The number of aromatic nitrogens is 2. The van der Waals surface area contributed by atoms with Crippen molar-refractivity contribution in [1.29, 1.82) is 0 Å². The maximum Gasteiger partial charge on any atom is 0.268 e. The minimum atomic E-state index is -0.712. The first-order valence-corrected chi connectivity index (χ1v) is 11.0. The molecule has 1 aliphatic rings. The van der Waals surface area contributed by atoms with Crippen LogP contribution in [0.3, 0.4) is 0 Å². The topological polar surface area (TPSA) is 126 Å². The molecule has 9 heteroatoms. The Kier molecular flexibility index (Phi) is 6.97. The molecule has 0 spiro atoms. The van der Waals surface area contributed by atoms with Crippen molar-refractivity contribution in [2.45, 2.75) is 37.8 Å². The van der Waals surface area contributed by atoms with E-state index in [0.29, 0.717) is 30.2 Å². The maximum atomic E-state index is 13.1. The van der Waals surface area contributed by atoms with E-state index in [9.17, 15) is 14.5 Å². The molecular formula is C24H27N5O4. The highest BCUT2D eigenvalue weighted by molar-refractivity contribution is 6.01. The van der Waals surface area contributed by atoms with Crippen molar-refractivity contribution < 1.29 is 14.3 Å². The van der Waals surface area contributed by atoms with Gasteiger partial charge < -0.3 is 20.4 Å². The summed E-state index contributed by atoms with van der Waals surface area (Å²) in [7, 11) is 1.58. The van der Waals surface area contributed by atoms with Gasteiger partial charge in [0.15, 0.2) is 0 Å². The molecule has 0 unspecified atom stereocenters. The van der Waals surface area contributed by atoms with E-state index >= 15 is 0 Å². The van der Waals surface area contributed by atoms with Gasteiger partial charge in [0.25, 0.3) is 5.91 Å². The molecule has 1 aromatic carbocycles. The lowest BCUT2D eigenvalue weighted by Gasteiger charge is -2.22. The summed E-state index contributed by atoms with van der Waals surface area (Å²) in [6, 6.07) is 11.5. The number of aromatic amines is 1. The van der Waals surface area contributed by atoms with Gasteiger partial charge >= 0.3 is 0 Å². The Hall–Kier alpha value is -3.75. The van der Waals surface area contributed by atoms with E-state index in [-0.39, 0.29) is 18.4 Å². The minimum absolute atomic E-state index is 0.0752. The molecule has 3 N–H and O–H groups in total. The van der Waals surface area contributed by atoms with Crippen molar-refractivity contribution in [1.82, 2.24) is 20.6 Å². The normalized spacial score (nSPS) is 14.9. The molecule has 0 bridgehead atoms. The number of nitrogens with zero attached hydrogens (tertiary/aromatic N) is 2. The molecule has 1 fully saturated rings. The lowest BCUT2D eigenvalue weighted by Crippen LogP contribution is -2.51. The third-order valence-electron chi connectivity index (χ3n) is 5.80. The third-order valence-corrected chi connectivity index (χ3v) is 5.80. The average Bonchev–Trinajstić information content (AvgIpc) is 3.53. The fourth-order valence-electron chi connectivity index (χ4n) is 3.91. The number of amides is 2. The zero-order valence-electron chi connectivity index (χ0n) is 18.4. The van der Waals surface area contributed by atoms with Crippen molar-refractivity contribution in [2.75, 3.05) is 13.7 Å². The summed E-state index contributed by atoms with van der Waals surface area (Å²) in [6.45, 7) is -0.0752. The molecule has 0 radical (unpaired) electrons. The third kappa shape index (κ3) is 5.74. The van der Waals surface area contributed by atoms with Crippen molar-refractivity contribution in [2.24, 2.45) is 11.1 Å². The highest BCUT2D eigenvalue weighted by atomic mass is 16.5. The van der Waals surface area contributed by atoms with Gasteiger partial charge in [-0.15, -0.1) is 0 Å². The summed E-state index contributed by atoms with van der Waals surface area (Å²) < 4.78 is 5.36. The van der Waals surface area contributed by atoms with Gasteiger partial charge in [-0.05, 0) is 42.7 Å². The van der Waals surface area contributed by atoms with E-state index in [1.165, 1.54) is 0 Å². The fourth-order valence-corrected chi connectivity index (χ4v) is 3.91.